The summed E-state index contributed by atoms with van der Waals surface area (Å²) in [6, 6.07) is 0. The van der Waals surface area contributed by atoms with Gasteiger partial charge in [0, 0.05) is 0 Å². The first-order chi connectivity index (χ1) is 11.7. The fourth-order valence-electron chi connectivity index (χ4n) is 4.71. The van der Waals surface area contributed by atoms with Gasteiger partial charge in [-0.3, -0.25) is 0 Å². The van der Waals surface area contributed by atoms with Gasteiger partial charge < -0.3 is 9.47 Å². The zero-order chi connectivity index (χ0) is 17.2. The molecule has 2 fully saturated rings. The van der Waals surface area contributed by atoms with Crippen LogP contribution in [0, 0.1) is 17.8 Å². The summed E-state index contributed by atoms with van der Waals surface area (Å²) in [4.78, 5) is 11.7. The zero-order valence-electron chi connectivity index (χ0n) is 15.9. The molecule has 0 radical (unpaired) electrons. The highest BCUT2D eigenvalue weighted by Gasteiger charge is 2.31. The van der Waals surface area contributed by atoms with Crippen LogP contribution >= 0.6 is 0 Å². The van der Waals surface area contributed by atoms with Gasteiger partial charge in [0.05, 0.1) is 6.61 Å². The van der Waals surface area contributed by atoms with Crippen molar-refractivity contribution in [3.8, 4) is 0 Å². The Labute approximate surface area is 148 Å². The molecule has 3 nitrogen and oxygen atoms in total. The van der Waals surface area contributed by atoms with Crippen molar-refractivity contribution in [1.29, 1.82) is 0 Å². The lowest BCUT2D eigenvalue weighted by Crippen LogP contribution is -2.30. The Hall–Kier alpha value is -0.730. The molecule has 0 aromatic rings. The lowest BCUT2D eigenvalue weighted by molar-refractivity contribution is -0.000959. The minimum Gasteiger partial charge on any atom is -0.434 e. The summed E-state index contributed by atoms with van der Waals surface area (Å²) < 4.78 is 10.7. The topological polar surface area (TPSA) is 35.5 Å². The molecule has 24 heavy (non-hydrogen) atoms. The fourth-order valence-corrected chi connectivity index (χ4v) is 4.71. The van der Waals surface area contributed by atoms with E-state index in [-0.39, 0.29) is 6.10 Å². The van der Waals surface area contributed by atoms with Gasteiger partial charge in [-0.2, -0.15) is 0 Å². The second kappa shape index (κ2) is 11.0. The second-order valence-corrected chi connectivity index (χ2v) is 8.03. The molecule has 2 rings (SSSR count). The third-order valence-corrected chi connectivity index (χ3v) is 6.20. The molecule has 0 atom stereocenters. The van der Waals surface area contributed by atoms with Crippen LogP contribution in [0.25, 0.3) is 0 Å². The van der Waals surface area contributed by atoms with Crippen LogP contribution in [0.2, 0.25) is 0 Å². The molecule has 0 heterocycles. The SMILES string of the molecule is CCCCCOC(=O)O[C@H]1CC[C@H]([C@H]2CC[C@H](CCC)CC2)CC1. The van der Waals surface area contributed by atoms with Gasteiger partial charge in [-0.05, 0) is 62.7 Å². The van der Waals surface area contributed by atoms with Crippen molar-refractivity contribution in [1.82, 2.24) is 0 Å². The molecule has 0 unspecified atom stereocenters. The maximum absolute atomic E-state index is 11.7. The molecule has 2 aliphatic rings. The van der Waals surface area contributed by atoms with Gasteiger partial charge in [0.15, 0.2) is 0 Å². The third kappa shape index (κ3) is 6.64. The van der Waals surface area contributed by atoms with Crippen molar-refractivity contribution < 1.29 is 14.3 Å². The highest BCUT2D eigenvalue weighted by molar-refractivity contribution is 5.60. The average molecular weight is 339 g/mol. The summed E-state index contributed by atoms with van der Waals surface area (Å²) in [7, 11) is 0. The van der Waals surface area contributed by atoms with E-state index < -0.39 is 6.16 Å². The maximum Gasteiger partial charge on any atom is 0.508 e. The quantitative estimate of drug-likeness (QED) is 0.374. The smallest absolute Gasteiger partial charge is 0.434 e. The summed E-state index contributed by atoms with van der Waals surface area (Å²) in [5.41, 5.74) is 0. The predicted octanol–water partition coefficient (Wildman–Crippen LogP) is 6.50. The predicted molar refractivity (Wildman–Crippen MR) is 98.1 cm³/mol. The highest BCUT2D eigenvalue weighted by atomic mass is 16.7. The van der Waals surface area contributed by atoms with Gasteiger partial charge in [0.2, 0.25) is 0 Å². The lowest BCUT2D eigenvalue weighted by atomic mass is 9.70. The summed E-state index contributed by atoms with van der Waals surface area (Å²) >= 11 is 0. The van der Waals surface area contributed by atoms with Gasteiger partial charge in [-0.15, -0.1) is 0 Å². The van der Waals surface area contributed by atoms with E-state index in [0.29, 0.717) is 6.61 Å². The first-order valence-electron chi connectivity index (χ1n) is 10.6. The van der Waals surface area contributed by atoms with Crippen molar-refractivity contribution in [2.24, 2.45) is 17.8 Å². The Morgan fingerprint density at radius 1 is 0.833 bits per heavy atom. The van der Waals surface area contributed by atoms with Crippen molar-refractivity contribution >= 4 is 6.16 Å². The number of carbonyl (C=O) groups excluding carboxylic acids is 1. The standard InChI is InChI=1S/C21H38O3/c1-3-5-6-16-23-21(22)24-20-14-12-19(13-15-20)18-10-8-17(7-4-2)9-11-18/h17-20H,3-16H2,1-2H3/t17-,18-,19-,20-. The number of unbranched alkanes of at least 4 members (excludes halogenated alkanes) is 2. The van der Waals surface area contributed by atoms with E-state index in [4.69, 9.17) is 9.47 Å². The molecule has 0 aromatic heterocycles. The van der Waals surface area contributed by atoms with Gasteiger partial charge >= 0.3 is 6.16 Å². The van der Waals surface area contributed by atoms with Crippen LogP contribution in [0.5, 0.6) is 0 Å². The Balaban J connectivity index is 1.59. The molecule has 0 bridgehead atoms. The van der Waals surface area contributed by atoms with E-state index in [1.165, 1.54) is 51.4 Å². The van der Waals surface area contributed by atoms with Crippen LogP contribution in [-0.4, -0.2) is 18.9 Å². The highest BCUT2D eigenvalue weighted by Crippen LogP contribution is 2.41. The van der Waals surface area contributed by atoms with Gasteiger partial charge in [-0.25, -0.2) is 4.79 Å². The Morgan fingerprint density at radius 2 is 1.46 bits per heavy atom. The van der Waals surface area contributed by atoms with Crippen LogP contribution in [0.4, 0.5) is 4.79 Å². The summed E-state index contributed by atoms with van der Waals surface area (Å²) in [6.07, 6.45) is 15.9. The van der Waals surface area contributed by atoms with E-state index in [1.54, 1.807) is 0 Å². The summed E-state index contributed by atoms with van der Waals surface area (Å²) in [6.45, 7) is 4.96. The van der Waals surface area contributed by atoms with Crippen molar-refractivity contribution in [3.63, 3.8) is 0 Å². The van der Waals surface area contributed by atoms with Crippen molar-refractivity contribution in [2.75, 3.05) is 6.61 Å². The Kier molecular flexibility index (Phi) is 8.98. The van der Waals surface area contributed by atoms with Gasteiger partial charge in [0.1, 0.15) is 6.10 Å². The number of carbonyl (C=O) groups is 1. The second-order valence-electron chi connectivity index (χ2n) is 8.03. The van der Waals surface area contributed by atoms with Crippen LogP contribution in [0.1, 0.15) is 97.3 Å². The van der Waals surface area contributed by atoms with Crippen molar-refractivity contribution in [3.05, 3.63) is 0 Å². The van der Waals surface area contributed by atoms with E-state index >= 15 is 0 Å². The van der Waals surface area contributed by atoms with Crippen LogP contribution < -0.4 is 0 Å². The Morgan fingerprint density at radius 3 is 2.04 bits per heavy atom. The van der Waals surface area contributed by atoms with Crippen LogP contribution in [-0.2, 0) is 9.47 Å². The minimum atomic E-state index is -0.449. The molecule has 0 saturated heterocycles. The van der Waals surface area contributed by atoms with Crippen LogP contribution in [0.15, 0.2) is 0 Å². The van der Waals surface area contributed by atoms with E-state index in [2.05, 4.69) is 13.8 Å². The largest absolute Gasteiger partial charge is 0.508 e. The number of ether oxygens (including phenoxy) is 2. The molecule has 0 aliphatic heterocycles. The number of hydrogen-bond acceptors (Lipinski definition) is 3. The van der Waals surface area contributed by atoms with E-state index in [1.807, 2.05) is 0 Å². The average Bonchev–Trinajstić information content (AvgIpc) is 2.60. The molecule has 0 amide bonds. The molecule has 2 saturated carbocycles. The van der Waals surface area contributed by atoms with Gasteiger partial charge in [-0.1, -0.05) is 52.4 Å². The molecule has 0 aromatic carbocycles. The van der Waals surface area contributed by atoms with Gasteiger partial charge in [0.25, 0.3) is 0 Å². The molecule has 0 spiro atoms. The molecule has 2 aliphatic carbocycles. The Bertz CT molecular complexity index is 339. The molecular formula is C21H38O3. The minimum absolute atomic E-state index is 0.0938. The molecule has 140 valence electrons. The normalized spacial score (nSPS) is 30.8. The maximum atomic E-state index is 11.7. The third-order valence-electron chi connectivity index (χ3n) is 6.20. The number of rotatable bonds is 8. The lowest BCUT2D eigenvalue weighted by Gasteiger charge is -2.37. The molecule has 0 N–H and O–H groups in total. The first-order valence-corrected chi connectivity index (χ1v) is 10.6. The van der Waals surface area contributed by atoms with E-state index in [0.717, 1.165) is 49.9 Å². The first kappa shape index (κ1) is 19.6. The molecule has 3 heteroatoms. The molecular weight excluding hydrogens is 300 g/mol. The number of hydrogen-bond donors (Lipinski definition) is 0. The monoisotopic (exact) mass is 338 g/mol. The van der Waals surface area contributed by atoms with Crippen molar-refractivity contribution in [2.45, 2.75) is 103 Å². The fraction of sp³-hybridized carbons (Fsp3) is 0.952. The summed E-state index contributed by atoms with van der Waals surface area (Å²) in [5.74, 6) is 2.79. The summed E-state index contributed by atoms with van der Waals surface area (Å²) in [5, 5.41) is 0. The van der Waals surface area contributed by atoms with Crippen LogP contribution in [0.3, 0.4) is 0 Å². The zero-order valence-corrected chi connectivity index (χ0v) is 15.9. The van der Waals surface area contributed by atoms with E-state index in [9.17, 15) is 4.79 Å².